The summed E-state index contributed by atoms with van der Waals surface area (Å²) in [5.74, 6) is 1.37. The number of hydrogen-bond acceptors (Lipinski definition) is 4. The van der Waals surface area contributed by atoms with E-state index < -0.39 is 0 Å². The minimum atomic E-state index is 0.525. The fourth-order valence-electron chi connectivity index (χ4n) is 2.67. The molecule has 0 radical (unpaired) electrons. The van der Waals surface area contributed by atoms with Gasteiger partial charge < -0.3 is 15.8 Å². The molecular weight excluding hydrogens is 274 g/mol. The number of methoxy groups -OCH3 is 1. The molecule has 0 bridgehead atoms. The van der Waals surface area contributed by atoms with E-state index in [4.69, 9.17) is 10.5 Å². The first kappa shape index (κ1) is 14.9. The molecule has 2 aromatic rings. The van der Waals surface area contributed by atoms with Crippen LogP contribution in [-0.2, 0) is 13.0 Å². The van der Waals surface area contributed by atoms with Crippen LogP contribution in [0.2, 0.25) is 0 Å². The third kappa shape index (κ3) is 3.22. The Morgan fingerprint density at radius 3 is 2.73 bits per heavy atom. The topological polar surface area (TPSA) is 60.2 Å². The Morgan fingerprint density at radius 1 is 1.27 bits per heavy atom. The summed E-state index contributed by atoms with van der Waals surface area (Å²) in [7, 11) is 1.70. The van der Waals surface area contributed by atoms with Crippen molar-refractivity contribution in [2.75, 3.05) is 12.8 Å². The molecule has 0 aliphatic heterocycles. The highest BCUT2D eigenvalue weighted by molar-refractivity contribution is 5.70. The summed E-state index contributed by atoms with van der Waals surface area (Å²) in [6.45, 7) is 3.08. The van der Waals surface area contributed by atoms with Crippen molar-refractivity contribution >= 4 is 5.82 Å². The van der Waals surface area contributed by atoms with Crippen LogP contribution in [0.5, 0.6) is 5.75 Å². The number of nitrogens with two attached hydrogens (primary N) is 1. The molecule has 3 rings (SSSR count). The summed E-state index contributed by atoms with van der Waals surface area (Å²) in [4.78, 5) is 4.42. The maximum Gasteiger partial charge on any atom is 0.128 e. The van der Waals surface area contributed by atoms with Gasteiger partial charge in [0, 0.05) is 18.2 Å². The molecule has 0 atom stereocenters. The number of pyridine rings is 1. The Kier molecular flexibility index (Phi) is 4.29. The Morgan fingerprint density at radius 2 is 2.09 bits per heavy atom. The number of aromatic nitrogens is 1. The van der Waals surface area contributed by atoms with E-state index in [1.165, 1.54) is 24.0 Å². The van der Waals surface area contributed by atoms with Gasteiger partial charge in [0.05, 0.1) is 12.8 Å². The van der Waals surface area contributed by atoms with Crippen molar-refractivity contribution in [1.29, 1.82) is 0 Å². The predicted molar refractivity (Wildman–Crippen MR) is 89.9 cm³/mol. The van der Waals surface area contributed by atoms with Crippen molar-refractivity contribution in [1.82, 2.24) is 10.3 Å². The fraction of sp³-hybridized carbons (Fsp3) is 0.389. The van der Waals surface area contributed by atoms with E-state index >= 15 is 0 Å². The lowest BCUT2D eigenvalue weighted by molar-refractivity contribution is 0.415. The number of ether oxygens (including phenoxy) is 1. The van der Waals surface area contributed by atoms with Gasteiger partial charge in [0.1, 0.15) is 11.6 Å². The van der Waals surface area contributed by atoms with Crippen molar-refractivity contribution < 1.29 is 4.74 Å². The zero-order valence-electron chi connectivity index (χ0n) is 13.2. The smallest absolute Gasteiger partial charge is 0.128 e. The van der Waals surface area contributed by atoms with Gasteiger partial charge in [-0.2, -0.15) is 0 Å². The average Bonchev–Trinajstić information content (AvgIpc) is 3.36. The van der Waals surface area contributed by atoms with Crippen LogP contribution in [0.4, 0.5) is 5.82 Å². The van der Waals surface area contributed by atoms with Crippen LogP contribution in [0.3, 0.4) is 0 Å². The first-order chi connectivity index (χ1) is 10.7. The van der Waals surface area contributed by atoms with Gasteiger partial charge in [-0.3, -0.25) is 0 Å². The lowest BCUT2D eigenvalue weighted by atomic mass is 9.98. The van der Waals surface area contributed by atoms with Crippen molar-refractivity contribution in [3.05, 3.63) is 41.5 Å². The van der Waals surface area contributed by atoms with Crippen LogP contribution in [0.15, 0.2) is 30.3 Å². The maximum atomic E-state index is 5.81. The normalized spacial score (nSPS) is 14.1. The van der Waals surface area contributed by atoms with Gasteiger partial charge in [-0.15, -0.1) is 0 Å². The van der Waals surface area contributed by atoms with Crippen LogP contribution in [0.1, 0.15) is 30.9 Å². The second-order valence-corrected chi connectivity index (χ2v) is 5.78. The van der Waals surface area contributed by atoms with Gasteiger partial charge in [0.2, 0.25) is 0 Å². The minimum absolute atomic E-state index is 0.525. The molecule has 0 unspecified atom stereocenters. The Balaban J connectivity index is 1.98. The summed E-state index contributed by atoms with van der Waals surface area (Å²) in [5.41, 5.74) is 10.3. The Bertz CT molecular complexity index is 665. The van der Waals surface area contributed by atoms with E-state index in [0.29, 0.717) is 11.9 Å². The molecule has 1 heterocycles. The van der Waals surface area contributed by atoms with Crippen LogP contribution in [-0.4, -0.2) is 18.1 Å². The number of benzene rings is 1. The molecule has 0 spiro atoms. The Hall–Kier alpha value is -2.07. The summed E-state index contributed by atoms with van der Waals surface area (Å²) >= 11 is 0. The zero-order valence-corrected chi connectivity index (χ0v) is 13.2. The van der Waals surface area contributed by atoms with E-state index in [1.54, 1.807) is 13.2 Å². The molecule has 1 saturated carbocycles. The average molecular weight is 297 g/mol. The lowest BCUT2D eigenvalue weighted by Gasteiger charge is -2.15. The Labute approximate surface area is 131 Å². The molecule has 1 aliphatic carbocycles. The molecule has 0 amide bonds. The number of hydrogen-bond donors (Lipinski definition) is 2. The molecule has 4 nitrogen and oxygen atoms in total. The first-order valence-electron chi connectivity index (χ1n) is 7.87. The third-order valence-electron chi connectivity index (χ3n) is 4.11. The van der Waals surface area contributed by atoms with Crippen molar-refractivity contribution in [3.8, 4) is 17.0 Å². The highest BCUT2D eigenvalue weighted by Gasteiger charge is 2.21. The van der Waals surface area contributed by atoms with Crippen LogP contribution < -0.4 is 15.8 Å². The van der Waals surface area contributed by atoms with Gasteiger partial charge in [-0.25, -0.2) is 4.98 Å². The largest absolute Gasteiger partial charge is 0.496 e. The van der Waals surface area contributed by atoms with Gasteiger partial charge >= 0.3 is 0 Å². The molecule has 1 aromatic heterocycles. The molecule has 1 fully saturated rings. The number of nitrogen functional groups attached to an aromatic ring is 1. The SMILES string of the molecule is CCc1cc(-c2cccc(N)n2)c(OC)cc1CNC1CC1. The van der Waals surface area contributed by atoms with Crippen molar-refractivity contribution in [2.24, 2.45) is 0 Å². The fourth-order valence-corrected chi connectivity index (χ4v) is 2.67. The number of aryl methyl sites for hydroxylation is 1. The molecule has 22 heavy (non-hydrogen) atoms. The quantitative estimate of drug-likeness (QED) is 0.860. The standard InChI is InChI=1S/C18H23N3O/c1-3-12-9-15(16-5-4-6-18(19)21-16)17(22-2)10-13(12)11-20-14-7-8-14/h4-6,9-10,14,20H,3,7-8,11H2,1-2H3,(H2,19,21). The maximum absolute atomic E-state index is 5.81. The van der Waals surface area contributed by atoms with Crippen molar-refractivity contribution in [3.63, 3.8) is 0 Å². The summed E-state index contributed by atoms with van der Waals surface area (Å²) < 4.78 is 5.59. The van der Waals surface area contributed by atoms with Gasteiger partial charge in [-0.05, 0) is 54.7 Å². The van der Waals surface area contributed by atoms with E-state index in [0.717, 1.165) is 30.0 Å². The van der Waals surface area contributed by atoms with Crippen LogP contribution in [0.25, 0.3) is 11.3 Å². The van der Waals surface area contributed by atoms with E-state index in [9.17, 15) is 0 Å². The van der Waals surface area contributed by atoms with Gasteiger partial charge in [0.15, 0.2) is 0 Å². The van der Waals surface area contributed by atoms with Gasteiger partial charge in [-0.1, -0.05) is 13.0 Å². The summed E-state index contributed by atoms with van der Waals surface area (Å²) in [6, 6.07) is 10.7. The highest BCUT2D eigenvalue weighted by Crippen LogP contribution is 2.33. The van der Waals surface area contributed by atoms with Crippen LogP contribution >= 0.6 is 0 Å². The monoisotopic (exact) mass is 297 g/mol. The van der Waals surface area contributed by atoms with E-state index in [2.05, 4.69) is 29.4 Å². The summed E-state index contributed by atoms with van der Waals surface area (Å²) in [6.07, 6.45) is 3.58. The predicted octanol–water partition coefficient (Wildman–Crippen LogP) is 3.15. The molecule has 116 valence electrons. The van der Waals surface area contributed by atoms with E-state index in [1.807, 2.05) is 12.1 Å². The molecular formula is C18H23N3O. The second-order valence-electron chi connectivity index (χ2n) is 5.78. The zero-order chi connectivity index (χ0) is 15.5. The number of anilines is 1. The molecule has 4 heteroatoms. The van der Waals surface area contributed by atoms with Gasteiger partial charge in [0.25, 0.3) is 0 Å². The number of rotatable bonds is 6. The van der Waals surface area contributed by atoms with E-state index in [-0.39, 0.29) is 0 Å². The van der Waals surface area contributed by atoms with Crippen molar-refractivity contribution in [2.45, 2.75) is 38.8 Å². The minimum Gasteiger partial charge on any atom is -0.496 e. The second kappa shape index (κ2) is 6.36. The lowest BCUT2D eigenvalue weighted by Crippen LogP contribution is -2.16. The highest BCUT2D eigenvalue weighted by atomic mass is 16.5. The molecule has 1 aliphatic rings. The van der Waals surface area contributed by atoms with Crippen LogP contribution in [0, 0.1) is 0 Å². The molecule has 0 saturated heterocycles. The third-order valence-corrected chi connectivity index (χ3v) is 4.11. The number of nitrogens with zero attached hydrogens (tertiary/aromatic N) is 1. The first-order valence-corrected chi connectivity index (χ1v) is 7.87. The molecule has 3 N–H and O–H groups in total. The number of nitrogens with one attached hydrogen (secondary N) is 1. The summed E-state index contributed by atoms with van der Waals surface area (Å²) in [5, 5.41) is 3.58. The molecule has 1 aromatic carbocycles.